The minimum atomic E-state index is -0.919. The quantitative estimate of drug-likeness (QED) is 0.776. The maximum atomic E-state index is 11.7. The first kappa shape index (κ1) is 16.9. The molecule has 0 bridgehead atoms. The topological polar surface area (TPSA) is 82.9 Å². The van der Waals surface area contributed by atoms with Crippen LogP contribution in [0.1, 0.15) is 31.4 Å². The molecule has 0 spiro atoms. The number of likely N-dealkylation sites (tertiary alicyclic amines) is 1. The first-order valence-electron chi connectivity index (χ1n) is 8.45. The van der Waals surface area contributed by atoms with Crippen LogP contribution >= 0.6 is 0 Å². The number of rotatable bonds is 6. The molecular weight excluding hydrogens is 308 g/mol. The first-order valence-corrected chi connectivity index (χ1v) is 8.45. The summed E-state index contributed by atoms with van der Waals surface area (Å²) in [5, 5.41) is 19.0. The van der Waals surface area contributed by atoms with E-state index in [-0.39, 0.29) is 11.5 Å². The molecule has 0 aliphatic carbocycles. The minimum Gasteiger partial charge on any atom is -0.486 e. The highest BCUT2D eigenvalue weighted by Crippen LogP contribution is 2.35. The fraction of sp³-hybridized carbons (Fsp3) is 0.556. The van der Waals surface area contributed by atoms with Crippen LogP contribution in [0.4, 0.5) is 0 Å². The summed E-state index contributed by atoms with van der Waals surface area (Å²) in [6.45, 7) is 4.81. The van der Waals surface area contributed by atoms with Gasteiger partial charge in [-0.2, -0.15) is 0 Å². The molecule has 1 saturated heterocycles. The van der Waals surface area contributed by atoms with Gasteiger partial charge in [-0.1, -0.05) is 6.07 Å². The number of hydrogen-bond donors (Lipinski definition) is 2. The van der Waals surface area contributed by atoms with Crippen LogP contribution in [0.5, 0.6) is 11.5 Å². The van der Waals surface area contributed by atoms with Crippen molar-refractivity contribution in [3.63, 3.8) is 0 Å². The van der Waals surface area contributed by atoms with Crippen molar-refractivity contribution >= 4 is 11.5 Å². The van der Waals surface area contributed by atoms with Gasteiger partial charge >= 0.3 is 0 Å². The van der Waals surface area contributed by atoms with Crippen molar-refractivity contribution in [2.45, 2.75) is 25.9 Å². The van der Waals surface area contributed by atoms with E-state index in [9.17, 15) is 9.90 Å². The van der Waals surface area contributed by atoms with Gasteiger partial charge in [0.15, 0.2) is 17.3 Å². The fourth-order valence-corrected chi connectivity index (χ4v) is 3.33. The summed E-state index contributed by atoms with van der Waals surface area (Å²) in [5.41, 5.74) is 0.624. The molecule has 2 N–H and O–H groups in total. The fourth-order valence-electron chi connectivity index (χ4n) is 3.33. The minimum absolute atomic E-state index is 0.0238. The standard InChI is InChI=1S/C18H24N2O4/c1-12(21)17(19)14(11-20-6-2-3-7-20)18(22)13-4-5-15-16(10-13)24-9-8-23-15/h4-5,10,14,18-19,22H,2-3,6-9,11H2,1H3. The molecule has 1 aromatic rings. The second-order valence-corrected chi connectivity index (χ2v) is 6.43. The smallest absolute Gasteiger partial charge is 0.173 e. The molecule has 1 fully saturated rings. The molecule has 2 aliphatic rings. The molecule has 2 atom stereocenters. The summed E-state index contributed by atoms with van der Waals surface area (Å²) >= 11 is 0. The third kappa shape index (κ3) is 3.60. The largest absolute Gasteiger partial charge is 0.486 e. The highest BCUT2D eigenvalue weighted by molar-refractivity contribution is 6.38. The van der Waals surface area contributed by atoms with Gasteiger partial charge in [-0.05, 0) is 43.6 Å². The zero-order valence-electron chi connectivity index (χ0n) is 14.0. The Bertz CT molecular complexity index is 625. The van der Waals surface area contributed by atoms with E-state index in [0.29, 0.717) is 36.8 Å². The molecule has 0 aromatic heterocycles. The van der Waals surface area contributed by atoms with Gasteiger partial charge in [0.05, 0.1) is 11.8 Å². The van der Waals surface area contributed by atoms with Gasteiger partial charge in [0.2, 0.25) is 0 Å². The third-order valence-electron chi connectivity index (χ3n) is 4.69. The maximum absolute atomic E-state index is 11.7. The summed E-state index contributed by atoms with van der Waals surface area (Å²) in [5.74, 6) is 0.431. The highest BCUT2D eigenvalue weighted by atomic mass is 16.6. The molecule has 2 unspecified atom stereocenters. The van der Waals surface area contributed by atoms with Crippen molar-refractivity contribution in [3.05, 3.63) is 23.8 Å². The lowest BCUT2D eigenvalue weighted by atomic mass is 9.89. The number of ether oxygens (including phenoxy) is 2. The molecule has 3 rings (SSSR count). The predicted molar refractivity (Wildman–Crippen MR) is 90.0 cm³/mol. The molecule has 24 heavy (non-hydrogen) atoms. The van der Waals surface area contributed by atoms with Crippen LogP contribution in [-0.2, 0) is 4.79 Å². The number of hydrogen-bond acceptors (Lipinski definition) is 6. The van der Waals surface area contributed by atoms with Gasteiger partial charge in [-0.25, -0.2) is 0 Å². The van der Waals surface area contributed by atoms with Gasteiger partial charge in [0.25, 0.3) is 0 Å². The second-order valence-electron chi connectivity index (χ2n) is 6.43. The normalized spacial score (nSPS) is 19.8. The summed E-state index contributed by atoms with van der Waals surface area (Å²) in [4.78, 5) is 13.9. The number of ketones is 1. The molecule has 0 radical (unpaired) electrons. The Morgan fingerprint density at radius 1 is 1.25 bits per heavy atom. The molecule has 0 amide bonds. The molecule has 6 nitrogen and oxygen atoms in total. The SMILES string of the molecule is CC(=O)C(=N)C(CN1CCCC1)C(O)c1ccc2c(c1)OCCO2. The number of Topliss-reactive ketones (excluding diaryl/α,β-unsaturated/α-hetero) is 1. The lowest BCUT2D eigenvalue weighted by Gasteiger charge is -2.28. The number of aliphatic hydroxyl groups is 1. The molecule has 1 aromatic carbocycles. The van der Waals surface area contributed by atoms with E-state index >= 15 is 0 Å². The van der Waals surface area contributed by atoms with E-state index in [1.165, 1.54) is 6.92 Å². The van der Waals surface area contributed by atoms with Crippen molar-refractivity contribution in [1.29, 1.82) is 5.41 Å². The number of nitrogens with one attached hydrogen (secondary N) is 1. The Kier molecular flexibility index (Phi) is 5.16. The summed E-state index contributed by atoms with van der Waals surface area (Å²) < 4.78 is 11.1. The van der Waals surface area contributed by atoms with Crippen LogP contribution in [-0.4, -0.2) is 54.3 Å². The van der Waals surface area contributed by atoms with E-state index in [1.54, 1.807) is 18.2 Å². The van der Waals surface area contributed by atoms with Gasteiger partial charge in [0.1, 0.15) is 13.2 Å². The van der Waals surface area contributed by atoms with Crippen LogP contribution in [0.2, 0.25) is 0 Å². The molecule has 130 valence electrons. The van der Waals surface area contributed by atoms with E-state index in [0.717, 1.165) is 25.9 Å². The van der Waals surface area contributed by atoms with Crippen molar-refractivity contribution in [1.82, 2.24) is 4.90 Å². The number of carbonyl (C=O) groups excluding carboxylic acids is 1. The van der Waals surface area contributed by atoms with Crippen molar-refractivity contribution in [2.75, 3.05) is 32.8 Å². The summed E-state index contributed by atoms with van der Waals surface area (Å²) in [6.07, 6.45) is 1.33. The van der Waals surface area contributed by atoms with E-state index in [4.69, 9.17) is 14.9 Å². The Labute approximate surface area is 141 Å². The van der Waals surface area contributed by atoms with Crippen molar-refractivity contribution in [3.8, 4) is 11.5 Å². The van der Waals surface area contributed by atoms with Gasteiger partial charge in [0, 0.05) is 19.4 Å². The summed E-state index contributed by atoms with van der Waals surface area (Å²) in [6, 6.07) is 5.31. The number of benzene rings is 1. The number of carbonyl (C=O) groups is 1. The third-order valence-corrected chi connectivity index (χ3v) is 4.69. The number of fused-ring (bicyclic) bond motifs is 1. The van der Waals surface area contributed by atoms with Gasteiger partial charge in [-0.15, -0.1) is 0 Å². The molecule has 2 aliphatic heterocycles. The predicted octanol–water partition coefficient (Wildman–Crippen LogP) is 1.81. The van der Waals surface area contributed by atoms with E-state index < -0.39 is 12.0 Å². The second kappa shape index (κ2) is 7.32. The monoisotopic (exact) mass is 332 g/mol. The lowest BCUT2D eigenvalue weighted by Crippen LogP contribution is -2.37. The van der Waals surface area contributed by atoms with Crippen LogP contribution in [0.3, 0.4) is 0 Å². The molecular formula is C18H24N2O4. The van der Waals surface area contributed by atoms with Gasteiger partial charge < -0.3 is 24.9 Å². The zero-order chi connectivity index (χ0) is 17.1. The molecule has 0 saturated carbocycles. The number of aliphatic hydroxyl groups excluding tert-OH is 1. The van der Waals surface area contributed by atoms with Crippen LogP contribution < -0.4 is 9.47 Å². The summed E-state index contributed by atoms with van der Waals surface area (Å²) in [7, 11) is 0. The van der Waals surface area contributed by atoms with Crippen LogP contribution in [0.25, 0.3) is 0 Å². The Morgan fingerprint density at radius 2 is 1.92 bits per heavy atom. The Hall–Kier alpha value is -1.92. The van der Waals surface area contributed by atoms with E-state index in [2.05, 4.69) is 4.90 Å². The van der Waals surface area contributed by atoms with Crippen LogP contribution in [0, 0.1) is 11.3 Å². The maximum Gasteiger partial charge on any atom is 0.173 e. The van der Waals surface area contributed by atoms with Crippen molar-refractivity contribution in [2.24, 2.45) is 5.92 Å². The Morgan fingerprint density at radius 3 is 2.58 bits per heavy atom. The van der Waals surface area contributed by atoms with Crippen molar-refractivity contribution < 1.29 is 19.4 Å². The van der Waals surface area contributed by atoms with Crippen LogP contribution in [0.15, 0.2) is 18.2 Å². The molecule has 2 heterocycles. The highest BCUT2D eigenvalue weighted by Gasteiger charge is 2.31. The average molecular weight is 332 g/mol. The average Bonchev–Trinajstić information content (AvgIpc) is 3.11. The lowest BCUT2D eigenvalue weighted by molar-refractivity contribution is -0.111. The molecule has 6 heteroatoms. The van der Waals surface area contributed by atoms with Gasteiger partial charge in [-0.3, -0.25) is 4.79 Å². The Balaban J connectivity index is 1.82. The first-order chi connectivity index (χ1) is 11.6. The zero-order valence-corrected chi connectivity index (χ0v) is 14.0. The van der Waals surface area contributed by atoms with E-state index in [1.807, 2.05) is 0 Å². The number of nitrogens with zero attached hydrogens (tertiary/aromatic N) is 1.